The fourth-order valence-electron chi connectivity index (χ4n) is 2.20. The van der Waals surface area contributed by atoms with Crippen LogP contribution in [0.5, 0.6) is 0 Å². The smallest absolute Gasteiger partial charge is 0.0624 e. The van der Waals surface area contributed by atoms with Crippen LogP contribution in [0.2, 0.25) is 10.0 Å². The van der Waals surface area contributed by atoms with Gasteiger partial charge in [0, 0.05) is 6.04 Å². The van der Waals surface area contributed by atoms with Crippen LogP contribution in [0.3, 0.4) is 0 Å². The molecule has 0 amide bonds. The Bertz CT molecular complexity index is 374. The number of hydrogen-bond acceptors (Lipinski definition) is 1. The summed E-state index contributed by atoms with van der Waals surface area (Å²) in [6, 6.07) is 6.35. The minimum Gasteiger partial charge on any atom is -0.317 e. The van der Waals surface area contributed by atoms with Crippen molar-refractivity contribution in [2.24, 2.45) is 5.41 Å². The average molecular weight is 274 g/mol. The van der Waals surface area contributed by atoms with Crippen molar-refractivity contribution in [2.75, 3.05) is 7.05 Å². The van der Waals surface area contributed by atoms with Crippen LogP contribution in [0.1, 0.15) is 32.8 Å². The number of rotatable bonds is 5. The van der Waals surface area contributed by atoms with Crippen LogP contribution in [0, 0.1) is 5.41 Å². The van der Waals surface area contributed by atoms with Gasteiger partial charge in [-0.15, -0.1) is 0 Å². The summed E-state index contributed by atoms with van der Waals surface area (Å²) in [6.45, 7) is 6.72. The number of hydrogen-bond donors (Lipinski definition) is 1. The Labute approximate surface area is 115 Å². The molecule has 0 aliphatic heterocycles. The minimum absolute atomic E-state index is 0.205. The van der Waals surface area contributed by atoms with Crippen LogP contribution in [0.25, 0.3) is 0 Å². The zero-order chi connectivity index (χ0) is 13.1. The monoisotopic (exact) mass is 273 g/mol. The van der Waals surface area contributed by atoms with E-state index in [0.717, 1.165) is 18.4 Å². The molecule has 1 nitrogen and oxygen atoms in total. The summed E-state index contributed by atoms with van der Waals surface area (Å²) in [5, 5.41) is 4.61. The van der Waals surface area contributed by atoms with Crippen molar-refractivity contribution >= 4 is 23.2 Å². The van der Waals surface area contributed by atoms with Gasteiger partial charge < -0.3 is 5.32 Å². The van der Waals surface area contributed by atoms with Crippen LogP contribution in [0.15, 0.2) is 18.2 Å². The molecule has 0 saturated heterocycles. The summed E-state index contributed by atoms with van der Waals surface area (Å²) in [5.41, 5.74) is 1.34. The number of nitrogens with one attached hydrogen (secondary N) is 1. The molecule has 96 valence electrons. The maximum atomic E-state index is 6.22. The molecule has 0 spiro atoms. The number of halogens is 2. The van der Waals surface area contributed by atoms with Gasteiger partial charge >= 0.3 is 0 Å². The summed E-state index contributed by atoms with van der Waals surface area (Å²) in [6.07, 6.45) is 2.05. The molecule has 0 saturated carbocycles. The lowest BCUT2D eigenvalue weighted by Crippen LogP contribution is -2.29. The van der Waals surface area contributed by atoms with Crippen molar-refractivity contribution in [3.8, 4) is 0 Å². The molecule has 0 heterocycles. The van der Waals surface area contributed by atoms with E-state index in [1.807, 2.05) is 19.2 Å². The highest BCUT2D eigenvalue weighted by atomic mass is 35.5. The second kappa shape index (κ2) is 6.08. The quantitative estimate of drug-likeness (QED) is 0.830. The van der Waals surface area contributed by atoms with Crippen LogP contribution < -0.4 is 5.32 Å². The predicted octanol–water partition coefficient (Wildman–Crippen LogP) is 4.56. The van der Waals surface area contributed by atoms with Crippen LogP contribution in [-0.4, -0.2) is 13.1 Å². The second-order valence-corrected chi connectivity index (χ2v) is 6.23. The van der Waals surface area contributed by atoms with Gasteiger partial charge in [-0.2, -0.15) is 0 Å². The van der Waals surface area contributed by atoms with Gasteiger partial charge in [-0.05, 0) is 43.9 Å². The highest BCUT2D eigenvalue weighted by Crippen LogP contribution is 2.33. The van der Waals surface area contributed by atoms with E-state index >= 15 is 0 Å². The maximum Gasteiger partial charge on any atom is 0.0624 e. The Morgan fingerprint density at radius 2 is 1.94 bits per heavy atom. The molecule has 1 N–H and O–H groups in total. The highest BCUT2D eigenvalue weighted by molar-refractivity contribution is 6.42. The normalized spacial score (nSPS) is 13.8. The first-order valence-corrected chi connectivity index (χ1v) is 6.71. The van der Waals surface area contributed by atoms with Gasteiger partial charge in [-0.1, -0.05) is 49.2 Å². The largest absolute Gasteiger partial charge is 0.317 e. The Morgan fingerprint density at radius 1 is 1.29 bits per heavy atom. The maximum absolute atomic E-state index is 6.22. The minimum atomic E-state index is 0.205. The molecular weight excluding hydrogens is 253 g/mol. The van der Waals surface area contributed by atoms with Crippen molar-refractivity contribution in [3.63, 3.8) is 0 Å². The van der Waals surface area contributed by atoms with E-state index in [9.17, 15) is 0 Å². The van der Waals surface area contributed by atoms with E-state index in [1.54, 1.807) is 0 Å². The fourth-order valence-corrected chi connectivity index (χ4v) is 2.59. The zero-order valence-corrected chi connectivity index (χ0v) is 12.5. The zero-order valence-electron chi connectivity index (χ0n) is 11.0. The molecule has 1 aromatic rings. The Kier molecular flexibility index (Phi) is 5.30. The van der Waals surface area contributed by atoms with Gasteiger partial charge in [-0.25, -0.2) is 0 Å². The molecular formula is C14H21Cl2N. The molecule has 1 rings (SSSR count). The molecule has 0 aliphatic rings. The molecule has 17 heavy (non-hydrogen) atoms. The van der Waals surface area contributed by atoms with Gasteiger partial charge in [0.25, 0.3) is 0 Å². The topological polar surface area (TPSA) is 12.0 Å². The van der Waals surface area contributed by atoms with E-state index in [1.165, 1.54) is 0 Å². The van der Waals surface area contributed by atoms with Crippen molar-refractivity contribution in [1.29, 1.82) is 0 Å². The van der Waals surface area contributed by atoms with Gasteiger partial charge in [0.05, 0.1) is 10.0 Å². The van der Waals surface area contributed by atoms with E-state index < -0.39 is 0 Å². The van der Waals surface area contributed by atoms with Crippen molar-refractivity contribution < 1.29 is 0 Å². The summed E-state index contributed by atoms with van der Waals surface area (Å²) in [7, 11) is 1.99. The van der Waals surface area contributed by atoms with E-state index in [-0.39, 0.29) is 5.41 Å². The molecule has 0 bridgehead atoms. The molecule has 0 aromatic heterocycles. The molecule has 0 radical (unpaired) electrons. The molecule has 0 fully saturated rings. The first-order valence-electron chi connectivity index (χ1n) is 5.96. The van der Waals surface area contributed by atoms with Crippen LogP contribution >= 0.6 is 23.2 Å². The molecule has 1 aromatic carbocycles. The summed E-state index contributed by atoms with van der Waals surface area (Å²) in [5.74, 6) is 0. The average Bonchev–Trinajstić information content (AvgIpc) is 2.23. The predicted molar refractivity (Wildman–Crippen MR) is 77.1 cm³/mol. The van der Waals surface area contributed by atoms with Crippen LogP contribution in [0.4, 0.5) is 0 Å². The number of benzene rings is 1. The third-order valence-electron chi connectivity index (χ3n) is 3.05. The van der Waals surface area contributed by atoms with Crippen molar-refractivity contribution in [2.45, 2.75) is 39.7 Å². The van der Waals surface area contributed by atoms with E-state index in [2.05, 4.69) is 32.2 Å². The van der Waals surface area contributed by atoms with Crippen molar-refractivity contribution in [1.82, 2.24) is 5.32 Å². The highest BCUT2D eigenvalue weighted by Gasteiger charge is 2.22. The van der Waals surface area contributed by atoms with Gasteiger partial charge in [0.1, 0.15) is 0 Å². The third kappa shape index (κ3) is 4.50. The first-order chi connectivity index (χ1) is 7.85. The van der Waals surface area contributed by atoms with Gasteiger partial charge in [0.15, 0.2) is 0 Å². The molecule has 1 unspecified atom stereocenters. The lowest BCUT2D eigenvalue weighted by atomic mass is 9.80. The van der Waals surface area contributed by atoms with Crippen molar-refractivity contribution in [3.05, 3.63) is 33.8 Å². The molecule has 0 aliphatic carbocycles. The lowest BCUT2D eigenvalue weighted by molar-refractivity contribution is 0.293. The standard InChI is InChI=1S/C14H21Cl2N/c1-10(17-4)8-14(2,3)9-11-6-5-7-12(15)13(11)16/h5-7,10,17H,8-9H2,1-4H3. The summed E-state index contributed by atoms with van der Waals surface area (Å²) >= 11 is 12.3. The van der Waals surface area contributed by atoms with Gasteiger partial charge in [0.2, 0.25) is 0 Å². The third-order valence-corrected chi connectivity index (χ3v) is 3.91. The van der Waals surface area contributed by atoms with E-state index in [4.69, 9.17) is 23.2 Å². The summed E-state index contributed by atoms with van der Waals surface area (Å²) in [4.78, 5) is 0. The Hall–Kier alpha value is -0.240. The molecule has 3 heteroatoms. The SMILES string of the molecule is CNC(C)CC(C)(C)Cc1cccc(Cl)c1Cl. The Morgan fingerprint density at radius 3 is 2.53 bits per heavy atom. The van der Waals surface area contributed by atoms with Crippen LogP contribution in [-0.2, 0) is 6.42 Å². The summed E-state index contributed by atoms with van der Waals surface area (Å²) < 4.78 is 0. The fraction of sp³-hybridized carbons (Fsp3) is 0.571. The Balaban J connectivity index is 2.79. The second-order valence-electron chi connectivity index (χ2n) is 5.45. The van der Waals surface area contributed by atoms with E-state index in [0.29, 0.717) is 16.1 Å². The van der Waals surface area contributed by atoms with Gasteiger partial charge in [-0.3, -0.25) is 0 Å². The molecule has 1 atom stereocenters. The lowest BCUT2D eigenvalue weighted by Gasteiger charge is -2.28. The first kappa shape index (κ1) is 14.8.